The Bertz CT molecular complexity index is 678. The third kappa shape index (κ3) is 2.70. The quantitative estimate of drug-likeness (QED) is 0.774. The van der Waals surface area contributed by atoms with E-state index in [0.717, 1.165) is 34.3 Å². The van der Waals surface area contributed by atoms with Gasteiger partial charge in [-0.25, -0.2) is 9.97 Å². The lowest BCUT2D eigenvalue weighted by Crippen LogP contribution is -2.02. The van der Waals surface area contributed by atoms with Crippen LogP contribution in [0.2, 0.25) is 0 Å². The molecule has 20 heavy (non-hydrogen) atoms. The van der Waals surface area contributed by atoms with E-state index in [0.29, 0.717) is 0 Å². The Morgan fingerprint density at radius 3 is 2.60 bits per heavy atom. The minimum atomic E-state index is 0.757. The first-order valence-corrected chi connectivity index (χ1v) is 7.47. The molecule has 0 spiro atoms. The van der Waals surface area contributed by atoms with Gasteiger partial charge in [0.2, 0.25) is 0 Å². The maximum Gasteiger partial charge on any atom is 0.162 e. The maximum absolute atomic E-state index is 4.69. The zero-order valence-corrected chi connectivity index (χ0v) is 12.0. The molecule has 0 saturated heterocycles. The fourth-order valence-corrected chi connectivity index (χ4v) is 2.67. The summed E-state index contributed by atoms with van der Waals surface area (Å²) in [7, 11) is 0. The van der Waals surface area contributed by atoms with Crippen molar-refractivity contribution in [2.75, 3.05) is 11.9 Å². The molecule has 0 aliphatic rings. The Kier molecular flexibility index (Phi) is 3.74. The van der Waals surface area contributed by atoms with E-state index in [2.05, 4.69) is 33.7 Å². The summed E-state index contributed by atoms with van der Waals surface area (Å²) in [5.41, 5.74) is 2.00. The van der Waals surface area contributed by atoms with E-state index < -0.39 is 0 Å². The highest BCUT2D eigenvalue weighted by atomic mass is 32.1. The average molecular weight is 281 g/mol. The smallest absolute Gasteiger partial charge is 0.162 e. The van der Waals surface area contributed by atoms with Crippen molar-refractivity contribution in [3.05, 3.63) is 53.9 Å². The molecule has 0 unspecified atom stereocenters. The van der Waals surface area contributed by atoms with E-state index >= 15 is 0 Å². The molecule has 2 heterocycles. The molecule has 100 valence electrons. The number of anilines is 1. The fourth-order valence-electron chi connectivity index (χ4n) is 1.99. The minimum Gasteiger partial charge on any atom is -0.370 e. The second-order valence-electron chi connectivity index (χ2n) is 4.34. The molecule has 0 aliphatic heterocycles. The molecule has 3 nitrogen and oxygen atoms in total. The molecule has 3 rings (SSSR count). The van der Waals surface area contributed by atoms with Crippen LogP contribution in [0.15, 0.2) is 53.9 Å². The van der Waals surface area contributed by atoms with Crippen molar-refractivity contribution in [2.24, 2.45) is 0 Å². The van der Waals surface area contributed by atoms with Crippen LogP contribution in [0.3, 0.4) is 0 Å². The molecule has 1 N–H and O–H groups in total. The zero-order chi connectivity index (χ0) is 13.8. The molecule has 0 saturated carbocycles. The van der Waals surface area contributed by atoms with Crippen LogP contribution in [0.25, 0.3) is 22.0 Å². The maximum atomic E-state index is 4.69. The predicted octanol–water partition coefficient (Wildman–Crippen LogP) is 4.30. The second kappa shape index (κ2) is 5.84. The van der Waals surface area contributed by atoms with Gasteiger partial charge >= 0.3 is 0 Å². The molecule has 0 amide bonds. The van der Waals surface area contributed by atoms with E-state index in [-0.39, 0.29) is 0 Å². The molecule has 0 radical (unpaired) electrons. The van der Waals surface area contributed by atoms with Crippen molar-refractivity contribution < 1.29 is 0 Å². The number of rotatable bonds is 4. The summed E-state index contributed by atoms with van der Waals surface area (Å²) < 4.78 is 0. The summed E-state index contributed by atoms with van der Waals surface area (Å²) in [6.07, 6.45) is 0. The van der Waals surface area contributed by atoms with Gasteiger partial charge in [0.05, 0.1) is 10.6 Å². The third-order valence-corrected chi connectivity index (χ3v) is 3.78. The number of hydrogen-bond acceptors (Lipinski definition) is 4. The van der Waals surface area contributed by atoms with Gasteiger partial charge in [-0.05, 0) is 18.4 Å². The van der Waals surface area contributed by atoms with Crippen molar-refractivity contribution in [1.29, 1.82) is 0 Å². The lowest BCUT2D eigenvalue weighted by Gasteiger charge is -2.08. The molecule has 0 bridgehead atoms. The Morgan fingerprint density at radius 2 is 1.90 bits per heavy atom. The standard InChI is InChI=1S/C16H15N3S/c1-2-17-15-11-13(14-9-6-10-20-14)18-16(19-15)12-7-4-3-5-8-12/h3-11H,2H2,1H3,(H,17,18,19). The SMILES string of the molecule is CCNc1cc(-c2cccs2)nc(-c2ccccc2)n1. The topological polar surface area (TPSA) is 37.8 Å². The van der Waals surface area contributed by atoms with Gasteiger partial charge in [0, 0.05) is 18.2 Å². The lowest BCUT2D eigenvalue weighted by molar-refractivity contribution is 1.12. The lowest BCUT2D eigenvalue weighted by atomic mass is 10.2. The Labute approximate surface area is 122 Å². The van der Waals surface area contributed by atoms with E-state index in [1.807, 2.05) is 42.5 Å². The Morgan fingerprint density at radius 1 is 1.05 bits per heavy atom. The van der Waals surface area contributed by atoms with Crippen molar-refractivity contribution >= 4 is 17.2 Å². The molecule has 0 fully saturated rings. The number of thiophene rings is 1. The van der Waals surface area contributed by atoms with Crippen LogP contribution < -0.4 is 5.32 Å². The van der Waals surface area contributed by atoms with Crippen LogP contribution >= 0.6 is 11.3 Å². The highest BCUT2D eigenvalue weighted by molar-refractivity contribution is 7.13. The molecular formula is C16H15N3S. The number of nitrogens with one attached hydrogen (secondary N) is 1. The number of hydrogen-bond donors (Lipinski definition) is 1. The van der Waals surface area contributed by atoms with Crippen LogP contribution in [0.1, 0.15) is 6.92 Å². The molecule has 2 aromatic heterocycles. The highest BCUT2D eigenvalue weighted by Crippen LogP contribution is 2.27. The average Bonchev–Trinajstić information content (AvgIpc) is 3.02. The molecule has 0 aliphatic carbocycles. The van der Waals surface area contributed by atoms with Crippen LogP contribution in [0.4, 0.5) is 5.82 Å². The van der Waals surface area contributed by atoms with Crippen molar-refractivity contribution in [2.45, 2.75) is 6.92 Å². The first kappa shape index (κ1) is 12.8. The molecular weight excluding hydrogens is 266 g/mol. The number of aromatic nitrogens is 2. The summed E-state index contributed by atoms with van der Waals surface area (Å²) in [4.78, 5) is 10.4. The van der Waals surface area contributed by atoms with E-state index in [4.69, 9.17) is 0 Å². The van der Waals surface area contributed by atoms with Crippen LogP contribution in [0.5, 0.6) is 0 Å². The highest BCUT2D eigenvalue weighted by Gasteiger charge is 2.08. The zero-order valence-electron chi connectivity index (χ0n) is 11.2. The van der Waals surface area contributed by atoms with Crippen molar-refractivity contribution in [1.82, 2.24) is 9.97 Å². The van der Waals surface area contributed by atoms with Crippen LogP contribution in [-0.4, -0.2) is 16.5 Å². The van der Waals surface area contributed by atoms with Crippen LogP contribution in [0, 0.1) is 0 Å². The van der Waals surface area contributed by atoms with Crippen LogP contribution in [-0.2, 0) is 0 Å². The minimum absolute atomic E-state index is 0.757. The molecule has 3 aromatic rings. The van der Waals surface area contributed by atoms with Gasteiger partial charge in [0.1, 0.15) is 5.82 Å². The molecule has 1 aromatic carbocycles. The monoisotopic (exact) mass is 281 g/mol. The van der Waals surface area contributed by atoms with Gasteiger partial charge in [0.15, 0.2) is 5.82 Å². The van der Waals surface area contributed by atoms with Gasteiger partial charge < -0.3 is 5.32 Å². The largest absolute Gasteiger partial charge is 0.370 e. The Hall–Kier alpha value is -2.20. The summed E-state index contributed by atoms with van der Waals surface area (Å²) in [6.45, 7) is 2.91. The summed E-state index contributed by atoms with van der Waals surface area (Å²) in [6, 6.07) is 16.2. The van der Waals surface area contributed by atoms with Crippen molar-refractivity contribution in [3.63, 3.8) is 0 Å². The van der Waals surface area contributed by atoms with Crippen molar-refractivity contribution in [3.8, 4) is 22.0 Å². The first-order valence-electron chi connectivity index (χ1n) is 6.59. The van der Waals surface area contributed by atoms with Gasteiger partial charge in [0.25, 0.3) is 0 Å². The third-order valence-electron chi connectivity index (χ3n) is 2.89. The molecule has 4 heteroatoms. The molecule has 0 atom stereocenters. The van der Waals surface area contributed by atoms with Gasteiger partial charge in [-0.2, -0.15) is 0 Å². The summed E-state index contributed by atoms with van der Waals surface area (Å²) >= 11 is 1.69. The normalized spacial score (nSPS) is 10.4. The Balaban J connectivity index is 2.10. The van der Waals surface area contributed by atoms with Gasteiger partial charge in [-0.3, -0.25) is 0 Å². The van der Waals surface area contributed by atoms with E-state index in [9.17, 15) is 0 Å². The van der Waals surface area contributed by atoms with E-state index in [1.54, 1.807) is 11.3 Å². The number of benzene rings is 1. The summed E-state index contributed by atoms with van der Waals surface area (Å²) in [5.74, 6) is 1.62. The summed E-state index contributed by atoms with van der Waals surface area (Å²) in [5, 5.41) is 5.34. The van der Waals surface area contributed by atoms with Gasteiger partial charge in [-0.15, -0.1) is 11.3 Å². The number of nitrogens with zero attached hydrogens (tertiary/aromatic N) is 2. The second-order valence-corrected chi connectivity index (χ2v) is 5.28. The predicted molar refractivity (Wildman–Crippen MR) is 84.9 cm³/mol. The fraction of sp³-hybridized carbons (Fsp3) is 0.125. The van der Waals surface area contributed by atoms with Gasteiger partial charge in [-0.1, -0.05) is 36.4 Å². The first-order chi connectivity index (χ1) is 9.86. The van der Waals surface area contributed by atoms with E-state index in [1.165, 1.54) is 0 Å².